The van der Waals surface area contributed by atoms with Crippen molar-refractivity contribution in [1.29, 1.82) is 0 Å². The smallest absolute Gasteiger partial charge is 0.243 e. The molecule has 1 aliphatic rings. The Kier molecular flexibility index (Phi) is 5.37. The molecule has 6 heteroatoms. The number of hydrogen-bond donors (Lipinski definition) is 0. The van der Waals surface area contributed by atoms with Gasteiger partial charge in [0, 0.05) is 33.9 Å². The largest absolute Gasteiger partial charge is 0.446 e. The summed E-state index contributed by atoms with van der Waals surface area (Å²) < 4.78 is 6.30. The molecule has 0 unspecified atom stereocenters. The molecule has 0 saturated carbocycles. The molecule has 1 aromatic heterocycles. The first-order valence-corrected chi connectivity index (χ1v) is 11.5. The molecule has 1 amide bonds. The van der Waals surface area contributed by atoms with Crippen LogP contribution in [-0.4, -0.2) is 28.1 Å². The predicted molar refractivity (Wildman–Crippen MR) is 128 cm³/mol. The fourth-order valence-corrected chi connectivity index (χ4v) is 4.19. The highest BCUT2D eigenvalue weighted by Gasteiger charge is 2.34. The molecule has 0 spiro atoms. The number of pyridine rings is 1. The predicted octanol–water partition coefficient (Wildman–Crippen LogP) is 5.86. The molecule has 5 rings (SSSR count). The van der Waals surface area contributed by atoms with Crippen molar-refractivity contribution in [1.82, 2.24) is 9.99 Å². The van der Waals surface area contributed by atoms with Gasteiger partial charge in [-0.3, -0.25) is 4.79 Å². The molecule has 0 bridgehead atoms. The molecule has 0 aliphatic carbocycles. The molecule has 0 saturated heterocycles. The number of hydrazone groups is 1. The van der Waals surface area contributed by atoms with E-state index in [4.69, 9.17) is 9.72 Å². The third-order valence-electron chi connectivity index (χ3n) is 5.39. The highest BCUT2D eigenvalue weighted by atomic mass is 32.2. The summed E-state index contributed by atoms with van der Waals surface area (Å²) in [6.07, 6.45) is 1.36. The molecule has 5 nitrogen and oxygen atoms in total. The Morgan fingerprint density at radius 1 is 0.938 bits per heavy atom. The van der Waals surface area contributed by atoms with Crippen molar-refractivity contribution in [3.8, 4) is 11.3 Å². The van der Waals surface area contributed by atoms with Crippen LogP contribution in [0.3, 0.4) is 0 Å². The number of hydrogen-bond acceptors (Lipinski definition) is 5. The van der Waals surface area contributed by atoms with Gasteiger partial charge in [-0.15, -0.1) is 16.9 Å². The van der Waals surface area contributed by atoms with Crippen molar-refractivity contribution in [3.63, 3.8) is 0 Å². The number of benzene rings is 3. The van der Waals surface area contributed by atoms with Crippen LogP contribution in [0.5, 0.6) is 0 Å². The molecule has 1 aliphatic heterocycles. The Morgan fingerprint density at radius 2 is 1.66 bits per heavy atom. The Balaban J connectivity index is 1.61. The lowest BCUT2D eigenvalue weighted by Gasteiger charge is -2.21. The van der Waals surface area contributed by atoms with E-state index in [-0.39, 0.29) is 5.91 Å². The molecule has 0 fully saturated rings. The van der Waals surface area contributed by atoms with Crippen molar-refractivity contribution < 1.29 is 9.53 Å². The van der Waals surface area contributed by atoms with Crippen LogP contribution in [-0.2, 0) is 9.53 Å². The minimum atomic E-state index is -0.668. The standard InChI is InChI=1S/C26H21N3O2S/c1-17(30)29-26(31-25(28-29)19-12-14-20(32-2)15-13-19)22-16-24(18-8-4-3-5-9-18)27-23-11-7-6-10-21(22)23/h3-16,26H,1-2H3/t26-/m1/s1. The van der Waals surface area contributed by atoms with Crippen LogP contribution >= 0.6 is 11.8 Å². The lowest BCUT2D eigenvalue weighted by molar-refractivity contribution is -0.135. The van der Waals surface area contributed by atoms with E-state index in [1.807, 2.05) is 91.2 Å². The first-order valence-electron chi connectivity index (χ1n) is 10.3. The summed E-state index contributed by atoms with van der Waals surface area (Å²) >= 11 is 1.67. The van der Waals surface area contributed by atoms with Crippen LogP contribution in [0.1, 0.15) is 24.3 Å². The van der Waals surface area contributed by atoms with Gasteiger partial charge in [0.15, 0.2) is 0 Å². The van der Waals surface area contributed by atoms with E-state index in [1.165, 1.54) is 11.9 Å². The molecule has 0 radical (unpaired) electrons. The Hall–Kier alpha value is -3.64. The number of nitrogens with zero attached hydrogens (tertiary/aromatic N) is 3. The van der Waals surface area contributed by atoms with E-state index in [2.05, 4.69) is 5.10 Å². The molecule has 0 N–H and O–H groups in total. The highest BCUT2D eigenvalue weighted by Crippen LogP contribution is 2.36. The third-order valence-corrected chi connectivity index (χ3v) is 6.13. The van der Waals surface area contributed by atoms with Crippen LogP contribution in [0.25, 0.3) is 22.2 Å². The zero-order valence-electron chi connectivity index (χ0n) is 17.7. The van der Waals surface area contributed by atoms with Crippen LogP contribution in [0.2, 0.25) is 0 Å². The topological polar surface area (TPSA) is 54.8 Å². The Bertz CT molecular complexity index is 1320. The average Bonchev–Trinajstić information content (AvgIpc) is 3.30. The van der Waals surface area contributed by atoms with Crippen LogP contribution in [0.4, 0.5) is 0 Å². The number of aromatic nitrogens is 1. The maximum Gasteiger partial charge on any atom is 0.243 e. The second-order valence-electron chi connectivity index (χ2n) is 7.45. The van der Waals surface area contributed by atoms with Gasteiger partial charge in [0.05, 0.1) is 11.2 Å². The van der Waals surface area contributed by atoms with Crippen molar-refractivity contribution in [3.05, 3.63) is 96.1 Å². The molecular weight excluding hydrogens is 418 g/mol. The highest BCUT2D eigenvalue weighted by molar-refractivity contribution is 7.98. The van der Waals surface area contributed by atoms with Gasteiger partial charge in [-0.25, -0.2) is 4.98 Å². The lowest BCUT2D eigenvalue weighted by Crippen LogP contribution is -2.25. The minimum Gasteiger partial charge on any atom is -0.446 e. The van der Waals surface area contributed by atoms with Crippen molar-refractivity contribution >= 4 is 34.5 Å². The van der Waals surface area contributed by atoms with E-state index in [9.17, 15) is 4.79 Å². The van der Waals surface area contributed by atoms with Gasteiger partial charge < -0.3 is 4.74 Å². The maximum atomic E-state index is 12.5. The SMILES string of the molecule is CSc1ccc(C2=NN(C(C)=O)[C@@H](c3cc(-c4ccccc4)nc4ccccc34)O2)cc1. The van der Waals surface area contributed by atoms with Crippen molar-refractivity contribution in [2.75, 3.05) is 6.26 Å². The van der Waals surface area contributed by atoms with Gasteiger partial charge in [0.1, 0.15) is 0 Å². The molecule has 4 aromatic rings. The fourth-order valence-electron chi connectivity index (χ4n) is 3.78. The average molecular weight is 440 g/mol. The molecule has 158 valence electrons. The Morgan fingerprint density at radius 3 is 2.38 bits per heavy atom. The summed E-state index contributed by atoms with van der Waals surface area (Å²) in [5.41, 5.74) is 4.35. The first-order chi connectivity index (χ1) is 15.6. The minimum absolute atomic E-state index is 0.187. The number of ether oxygens (including phenoxy) is 1. The van der Waals surface area contributed by atoms with E-state index >= 15 is 0 Å². The van der Waals surface area contributed by atoms with E-state index in [0.717, 1.165) is 38.2 Å². The third kappa shape index (κ3) is 3.74. The van der Waals surface area contributed by atoms with Gasteiger partial charge in [-0.05, 0) is 42.7 Å². The van der Waals surface area contributed by atoms with Crippen LogP contribution in [0.15, 0.2) is 94.9 Å². The summed E-state index contributed by atoms with van der Waals surface area (Å²) in [5.74, 6) is 0.243. The van der Waals surface area contributed by atoms with Crippen LogP contribution < -0.4 is 0 Å². The van der Waals surface area contributed by atoms with Gasteiger partial charge in [0.25, 0.3) is 0 Å². The van der Waals surface area contributed by atoms with Gasteiger partial charge in [0.2, 0.25) is 18.0 Å². The zero-order chi connectivity index (χ0) is 22.1. The van der Waals surface area contributed by atoms with Gasteiger partial charge in [-0.1, -0.05) is 48.5 Å². The Labute approximate surface area is 190 Å². The number of carbonyl (C=O) groups is 1. The quantitative estimate of drug-likeness (QED) is 0.374. The van der Waals surface area contributed by atoms with E-state index < -0.39 is 6.23 Å². The number of carbonyl (C=O) groups excluding carboxylic acids is 1. The lowest BCUT2D eigenvalue weighted by atomic mass is 10.0. The molecule has 2 heterocycles. The number of para-hydroxylation sites is 1. The number of amides is 1. The first kappa shape index (κ1) is 20.3. The summed E-state index contributed by atoms with van der Waals surface area (Å²) in [6, 6.07) is 27.9. The van der Waals surface area contributed by atoms with Crippen molar-refractivity contribution in [2.45, 2.75) is 18.0 Å². The monoisotopic (exact) mass is 439 g/mol. The summed E-state index contributed by atoms with van der Waals surface area (Å²) in [4.78, 5) is 18.5. The number of fused-ring (bicyclic) bond motifs is 1. The molecule has 1 atom stereocenters. The molecule has 3 aromatic carbocycles. The molecule has 32 heavy (non-hydrogen) atoms. The van der Waals surface area contributed by atoms with Gasteiger partial charge >= 0.3 is 0 Å². The van der Waals surface area contributed by atoms with Crippen molar-refractivity contribution in [2.24, 2.45) is 5.10 Å². The summed E-state index contributed by atoms with van der Waals surface area (Å²) in [6.45, 7) is 1.50. The zero-order valence-corrected chi connectivity index (χ0v) is 18.5. The van der Waals surface area contributed by atoms with E-state index in [0.29, 0.717) is 5.90 Å². The number of rotatable bonds is 4. The second-order valence-corrected chi connectivity index (χ2v) is 8.33. The fraction of sp³-hybridized carbons (Fsp3) is 0.115. The second kappa shape index (κ2) is 8.48. The maximum absolute atomic E-state index is 12.5. The number of thioether (sulfide) groups is 1. The summed E-state index contributed by atoms with van der Waals surface area (Å²) in [5, 5.41) is 6.87. The van der Waals surface area contributed by atoms with Gasteiger partial charge in [-0.2, -0.15) is 5.01 Å². The van der Waals surface area contributed by atoms with Crippen LogP contribution in [0, 0.1) is 0 Å². The normalized spacial score (nSPS) is 15.5. The van der Waals surface area contributed by atoms with E-state index in [1.54, 1.807) is 11.8 Å². The molecular formula is C26H21N3O2S. The summed E-state index contributed by atoms with van der Waals surface area (Å²) in [7, 11) is 0.